The molecule has 2 saturated carbocycles. The normalized spacial score (nSPS) is 27.6. The lowest BCUT2D eigenvalue weighted by Gasteiger charge is -2.20. The maximum absolute atomic E-state index is 13.6. The summed E-state index contributed by atoms with van der Waals surface area (Å²) in [4.78, 5) is 16.3. The number of hydrogen-bond acceptors (Lipinski definition) is 2. The van der Waals surface area contributed by atoms with Gasteiger partial charge < -0.3 is 9.88 Å². The summed E-state index contributed by atoms with van der Waals surface area (Å²) in [5, 5.41) is 2.37. The highest BCUT2D eigenvalue weighted by Crippen LogP contribution is 2.63. The summed E-state index contributed by atoms with van der Waals surface area (Å²) in [6.45, 7) is 1.35. The molecule has 1 aromatic heterocycles. The van der Waals surface area contributed by atoms with E-state index in [1.807, 2.05) is 4.57 Å². The number of hydrogen-bond donors (Lipinski definition) is 1. The number of amides is 1. The molecule has 0 radical (unpaired) electrons. The van der Waals surface area contributed by atoms with Gasteiger partial charge in [-0.3, -0.25) is 4.79 Å². The fraction of sp³-hybridized carbons (Fsp3) is 0.579. The quantitative estimate of drug-likeness (QED) is 0.763. The van der Waals surface area contributed by atoms with Crippen molar-refractivity contribution >= 4 is 16.9 Å². The van der Waals surface area contributed by atoms with E-state index in [1.54, 1.807) is 13.3 Å². The van der Waals surface area contributed by atoms with Gasteiger partial charge in [0, 0.05) is 30.6 Å². The van der Waals surface area contributed by atoms with E-state index in [9.17, 15) is 26.7 Å². The van der Waals surface area contributed by atoms with Gasteiger partial charge in [-0.25, -0.2) is 13.8 Å². The standard InChI is InChI=1S/C19H20F5N3O/c1-9(18(28)25-3-2-19(22,23)24)17-11-4-10(5-12(11)17)27-8-26-15-6-13(20)14(21)7-16(15)27/h6-12,17H,2-5H2,1H3,(H,25,28)/t9?,10?,11-,12+,17?. The van der Waals surface area contributed by atoms with Crippen molar-refractivity contribution in [2.45, 2.75) is 38.4 Å². The number of alkyl halides is 3. The van der Waals surface area contributed by atoms with Crippen LogP contribution in [0.5, 0.6) is 0 Å². The molecule has 152 valence electrons. The second-order valence-corrected chi connectivity index (χ2v) is 7.88. The molecular weight excluding hydrogens is 381 g/mol. The maximum Gasteiger partial charge on any atom is 0.390 e. The van der Waals surface area contributed by atoms with Gasteiger partial charge >= 0.3 is 6.18 Å². The SMILES string of the molecule is CC(C(=O)NCCC(F)(F)F)C1[C@H]2CC(n3cnc4cc(F)c(F)cc43)C[C@@H]12. The third kappa shape index (κ3) is 3.46. The second kappa shape index (κ2) is 6.70. The minimum atomic E-state index is -4.28. The zero-order chi connectivity index (χ0) is 20.2. The Morgan fingerprint density at radius 1 is 1.25 bits per heavy atom. The van der Waals surface area contributed by atoms with Gasteiger partial charge in [0.05, 0.1) is 23.8 Å². The van der Waals surface area contributed by atoms with Gasteiger partial charge in [0.2, 0.25) is 5.91 Å². The van der Waals surface area contributed by atoms with Gasteiger partial charge in [0.15, 0.2) is 11.6 Å². The number of nitrogens with zero attached hydrogens (tertiary/aromatic N) is 2. The van der Waals surface area contributed by atoms with Crippen LogP contribution in [0.1, 0.15) is 32.2 Å². The van der Waals surface area contributed by atoms with E-state index in [0.29, 0.717) is 22.9 Å². The van der Waals surface area contributed by atoms with Crippen molar-refractivity contribution in [1.29, 1.82) is 0 Å². The lowest BCUT2D eigenvalue weighted by molar-refractivity contribution is -0.136. The Balaban J connectivity index is 1.35. The van der Waals surface area contributed by atoms with Crippen LogP contribution in [0.3, 0.4) is 0 Å². The maximum atomic E-state index is 13.6. The number of carbonyl (C=O) groups excluding carboxylic acids is 1. The number of nitrogens with one attached hydrogen (secondary N) is 1. The molecule has 2 fully saturated rings. The first-order valence-electron chi connectivity index (χ1n) is 9.32. The van der Waals surface area contributed by atoms with E-state index in [0.717, 1.165) is 25.0 Å². The van der Waals surface area contributed by atoms with Gasteiger partial charge in [-0.15, -0.1) is 0 Å². The monoisotopic (exact) mass is 401 g/mol. The highest BCUT2D eigenvalue weighted by Gasteiger charge is 2.59. The Hall–Kier alpha value is -2.19. The van der Waals surface area contributed by atoms with Crippen LogP contribution in [-0.4, -0.2) is 28.2 Å². The third-order valence-corrected chi connectivity index (χ3v) is 6.20. The van der Waals surface area contributed by atoms with Crippen molar-refractivity contribution in [3.05, 3.63) is 30.1 Å². The highest BCUT2D eigenvalue weighted by atomic mass is 19.4. The summed E-state index contributed by atoms with van der Waals surface area (Å²) >= 11 is 0. The second-order valence-electron chi connectivity index (χ2n) is 7.88. The highest BCUT2D eigenvalue weighted by molar-refractivity contribution is 5.79. The van der Waals surface area contributed by atoms with Crippen molar-refractivity contribution in [3.8, 4) is 0 Å². The van der Waals surface area contributed by atoms with E-state index in [4.69, 9.17) is 0 Å². The topological polar surface area (TPSA) is 46.9 Å². The molecule has 0 spiro atoms. The molecule has 0 aliphatic heterocycles. The van der Waals surface area contributed by atoms with Crippen LogP contribution in [0.2, 0.25) is 0 Å². The van der Waals surface area contributed by atoms with Crippen LogP contribution in [0.4, 0.5) is 22.0 Å². The Labute approximate surface area is 158 Å². The van der Waals surface area contributed by atoms with Crippen LogP contribution < -0.4 is 5.32 Å². The lowest BCUT2D eigenvalue weighted by atomic mass is 9.96. The van der Waals surface area contributed by atoms with E-state index in [-0.39, 0.29) is 23.8 Å². The minimum Gasteiger partial charge on any atom is -0.356 e. The van der Waals surface area contributed by atoms with Gasteiger partial charge in [-0.1, -0.05) is 6.92 Å². The molecule has 28 heavy (non-hydrogen) atoms. The molecule has 1 aromatic carbocycles. The number of fused-ring (bicyclic) bond motifs is 2. The van der Waals surface area contributed by atoms with E-state index in [2.05, 4.69) is 10.3 Å². The molecule has 4 nitrogen and oxygen atoms in total. The van der Waals surface area contributed by atoms with Gasteiger partial charge in [0.25, 0.3) is 0 Å². The zero-order valence-corrected chi connectivity index (χ0v) is 15.1. The summed E-state index contributed by atoms with van der Waals surface area (Å²) < 4.78 is 65.4. The van der Waals surface area contributed by atoms with Crippen LogP contribution in [0.15, 0.2) is 18.5 Å². The average Bonchev–Trinajstić information content (AvgIpc) is 2.93. The number of aromatic nitrogens is 2. The Bertz CT molecular complexity index is 897. The minimum absolute atomic E-state index is 0.0987. The fourth-order valence-electron chi connectivity index (χ4n) is 4.81. The Morgan fingerprint density at radius 2 is 1.89 bits per heavy atom. The van der Waals surface area contributed by atoms with E-state index in [1.165, 1.54) is 0 Å². The first kappa shape index (κ1) is 19.1. The molecule has 1 amide bonds. The third-order valence-electron chi connectivity index (χ3n) is 6.20. The molecule has 4 rings (SSSR count). The number of halogens is 5. The van der Waals surface area contributed by atoms with Crippen molar-refractivity contribution in [2.24, 2.45) is 23.7 Å². The average molecular weight is 401 g/mol. The molecule has 2 aromatic rings. The molecule has 5 atom stereocenters. The number of imidazole rings is 1. The molecule has 0 saturated heterocycles. The predicted molar refractivity (Wildman–Crippen MR) is 91.2 cm³/mol. The zero-order valence-electron chi connectivity index (χ0n) is 15.1. The summed E-state index contributed by atoms with van der Waals surface area (Å²) in [5.74, 6) is -1.74. The summed E-state index contributed by atoms with van der Waals surface area (Å²) in [7, 11) is 0. The molecule has 1 N–H and O–H groups in total. The molecule has 1 heterocycles. The molecule has 9 heteroatoms. The van der Waals surface area contributed by atoms with Crippen molar-refractivity contribution in [2.75, 3.05) is 6.54 Å². The van der Waals surface area contributed by atoms with E-state index < -0.39 is 30.8 Å². The van der Waals surface area contributed by atoms with E-state index >= 15 is 0 Å². The van der Waals surface area contributed by atoms with Gasteiger partial charge in [-0.2, -0.15) is 13.2 Å². The van der Waals surface area contributed by atoms with Crippen LogP contribution in [0.25, 0.3) is 11.0 Å². The first-order chi connectivity index (χ1) is 13.2. The molecule has 2 aliphatic rings. The van der Waals surface area contributed by atoms with Crippen LogP contribution in [-0.2, 0) is 4.79 Å². The molecule has 2 aliphatic carbocycles. The molecule has 3 unspecified atom stereocenters. The lowest BCUT2D eigenvalue weighted by Crippen LogP contribution is -2.33. The fourth-order valence-corrected chi connectivity index (χ4v) is 4.81. The largest absolute Gasteiger partial charge is 0.390 e. The number of rotatable bonds is 5. The summed E-state index contributed by atoms with van der Waals surface area (Å²) in [5.41, 5.74) is 0.938. The van der Waals surface area contributed by atoms with Crippen molar-refractivity contribution in [1.82, 2.24) is 14.9 Å². The van der Waals surface area contributed by atoms with Gasteiger partial charge in [0.1, 0.15) is 0 Å². The van der Waals surface area contributed by atoms with Crippen LogP contribution >= 0.6 is 0 Å². The van der Waals surface area contributed by atoms with Crippen molar-refractivity contribution in [3.63, 3.8) is 0 Å². The number of benzene rings is 1. The first-order valence-corrected chi connectivity index (χ1v) is 9.32. The smallest absolute Gasteiger partial charge is 0.356 e. The predicted octanol–water partition coefficient (Wildman–Crippen LogP) is 4.22. The summed E-state index contributed by atoms with van der Waals surface area (Å²) in [6, 6.07) is 2.32. The Kier molecular flexibility index (Phi) is 4.58. The van der Waals surface area contributed by atoms with Gasteiger partial charge in [-0.05, 0) is 30.6 Å². The Morgan fingerprint density at radius 3 is 2.54 bits per heavy atom. The number of carbonyl (C=O) groups is 1. The molecule has 0 bridgehead atoms. The molecular formula is C19H20F5N3O. The summed E-state index contributed by atoms with van der Waals surface area (Å²) in [6.07, 6.45) is -2.15. The van der Waals surface area contributed by atoms with Crippen LogP contribution in [0, 0.1) is 35.3 Å². The van der Waals surface area contributed by atoms with Crippen molar-refractivity contribution < 1.29 is 26.7 Å².